The number of hydrogen-bond donors (Lipinski definition) is 0. The largest absolute Gasteiger partial charge is 0.441 e. The van der Waals surface area contributed by atoms with Gasteiger partial charge in [0.05, 0.1) is 0 Å². The van der Waals surface area contributed by atoms with Gasteiger partial charge >= 0.3 is 5.51 Å². The van der Waals surface area contributed by atoms with E-state index >= 15 is 0 Å². The average Bonchev–Trinajstić information content (AvgIpc) is 1.81. The van der Waals surface area contributed by atoms with E-state index in [4.69, 9.17) is 11.6 Å². The van der Waals surface area contributed by atoms with Crippen LogP contribution >= 0.6 is 23.4 Å². The summed E-state index contributed by atoms with van der Waals surface area (Å²) in [6, 6.07) is 0. The second-order valence-corrected chi connectivity index (χ2v) is 5.11. The molecule has 0 aromatic carbocycles. The van der Waals surface area contributed by atoms with Gasteiger partial charge in [-0.15, -0.1) is 11.6 Å². The van der Waals surface area contributed by atoms with E-state index in [1.807, 2.05) is 13.8 Å². The topological polar surface area (TPSA) is 0 Å². The number of thioether (sulfide) groups is 1. The zero-order valence-corrected chi connectivity index (χ0v) is 9.27. The van der Waals surface area contributed by atoms with Gasteiger partial charge in [-0.2, -0.15) is 13.2 Å². The molecule has 0 rings (SSSR count). The van der Waals surface area contributed by atoms with E-state index in [9.17, 15) is 13.2 Å². The van der Waals surface area contributed by atoms with Gasteiger partial charge in [0.1, 0.15) is 0 Å². The Morgan fingerprint density at radius 1 is 1.31 bits per heavy atom. The molecule has 2 unspecified atom stereocenters. The van der Waals surface area contributed by atoms with Gasteiger partial charge in [0.25, 0.3) is 0 Å². The van der Waals surface area contributed by atoms with Crippen molar-refractivity contribution in [2.24, 2.45) is 5.92 Å². The first-order chi connectivity index (χ1) is 5.81. The fraction of sp³-hybridized carbons (Fsp3) is 1.00. The summed E-state index contributed by atoms with van der Waals surface area (Å²) in [7, 11) is 0. The summed E-state index contributed by atoms with van der Waals surface area (Å²) in [5.41, 5.74) is -4.09. The van der Waals surface area contributed by atoms with E-state index < -0.39 is 5.51 Å². The molecule has 0 radical (unpaired) electrons. The SMILES string of the molecule is CC(Cl)CC(C)CCSC(F)(F)F. The molecule has 0 aliphatic heterocycles. The molecule has 13 heavy (non-hydrogen) atoms. The summed E-state index contributed by atoms with van der Waals surface area (Å²) in [5.74, 6) is 0.399. The molecule has 0 aromatic heterocycles. The molecule has 0 aliphatic rings. The zero-order chi connectivity index (χ0) is 10.5. The van der Waals surface area contributed by atoms with Crippen molar-refractivity contribution >= 4 is 23.4 Å². The number of halogens is 4. The van der Waals surface area contributed by atoms with Gasteiger partial charge in [-0.3, -0.25) is 0 Å². The molecule has 0 amide bonds. The van der Waals surface area contributed by atoms with E-state index in [1.54, 1.807) is 0 Å². The highest BCUT2D eigenvalue weighted by Crippen LogP contribution is 2.31. The van der Waals surface area contributed by atoms with Crippen LogP contribution in [-0.4, -0.2) is 16.6 Å². The Hall–Kier alpha value is 0.430. The Morgan fingerprint density at radius 3 is 2.23 bits per heavy atom. The number of alkyl halides is 4. The summed E-state index contributed by atoms with van der Waals surface area (Å²) in [5, 5.41) is 0.0471. The Balaban J connectivity index is 3.42. The van der Waals surface area contributed by atoms with Gasteiger partial charge in [-0.05, 0) is 25.7 Å². The van der Waals surface area contributed by atoms with Crippen molar-refractivity contribution in [1.29, 1.82) is 0 Å². The molecule has 0 spiro atoms. The normalized spacial score (nSPS) is 17.1. The van der Waals surface area contributed by atoms with E-state index in [0.29, 0.717) is 6.42 Å². The lowest BCUT2D eigenvalue weighted by Crippen LogP contribution is -2.06. The van der Waals surface area contributed by atoms with Gasteiger partial charge in [0.15, 0.2) is 0 Å². The van der Waals surface area contributed by atoms with Gasteiger partial charge < -0.3 is 0 Å². The van der Waals surface area contributed by atoms with Crippen LogP contribution in [0.1, 0.15) is 26.7 Å². The average molecular weight is 235 g/mol. The Kier molecular flexibility index (Phi) is 6.21. The lowest BCUT2D eigenvalue weighted by molar-refractivity contribution is -0.0328. The second-order valence-electron chi connectivity index (χ2n) is 3.20. The van der Waals surface area contributed by atoms with Crippen molar-refractivity contribution in [2.75, 3.05) is 5.75 Å². The molecule has 0 saturated carbocycles. The van der Waals surface area contributed by atoms with Crippen molar-refractivity contribution < 1.29 is 13.2 Å². The van der Waals surface area contributed by atoms with Crippen molar-refractivity contribution in [3.63, 3.8) is 0 Å². The van der Waals surface area contributed by atoms with Crippen LogP contribution in [0.5, 0.6) is 0 Å². The highest BCUT2D eigenvalue weighted by molar-refractivity contribution is 8.00. The maximum absolute atomic E-state index is 11.7. The van der Waals surface area contributed by atoms with Crippen LogP contribution in [0.25, 0.3) is 0 Å². The fourth-order valence-electron chi connectivity index (χ4n) is 1.05. The second kappa shape index (κ2) is 6.02. The Labute approximate surface area is 86.2 Å². The summed E-state index contributed by atoms with van der Waals surface area (Å²) in [6.45, 7) is 3.78. The van der Waals surface area contributed by atoms with E-state index in [-0.39, 0.29) is 28.8 Å². The number of hydrogen-bond acceptors (Lipinski definition) is 1. The molecule has 0 fully saturated rings. The molecule has 0 aromatic rings. The van der Waals surface area contributed by atoms with Crippen molar-refractivity contribution in [3.05, 3.63) is 0 Å². The third-order valence-corrected chi connectivity index (χ3v) is 2.55. The minimum Gasteiger partial charge on any atom is -0.160 e. The Morgan fingerprint density at radius 2 is 1.85 bits per heavy atom. The first-order valence-electron chi connectivity index (χ1n) is 4.16. The summed E-state index contributed by atoms with van der Waals surface area (Å²) < 4.78 is 35.1. The van der Waals surface area contributed by atoms with Crippen molar-refractivity contribution in [1.82, 2.24) is 0 Å². The third-order valence-electron chi connectivity index (χ3n) is 1.60. The van der Waals surface area contributed by atoms with Crippen LogP contribution < -0.4 is 0 Å². The van der Waals surface area contributed by atoms with Gasteiger partial charge in [0, 0.05) is 11.1 Å². The highest BCUT2D eigenvalue weighted by atomic mass is 35.5. The fourth-order valence-corrected chi connectivity index (χ4v) is 2.10. The molecule has 0 heterocycles. The van der Waals surface area contributed by atoms with Crippen LogP contribution in [0.2, 0.25) is 0 Å². The summed E-state index contributed by atoms with van der Waals surface area (Å²) in [4.78, 5) is 0. The number of rotatable bonds is 5. The van der Waals surface area contributed by atoms with E-state index in [0.717, 1.165) is 6.42 Å². The third kappa shape index (κ3) is 10.4. The molecule has 5 heteroatoms. The summed E-state index contributed by atoms with van der Waals surface area (Å²) >= 11 is 5.76. The van der Waals surface area contributed by atoms with E-state index in [2.05, 4.69) is 0 Å². The predicted octanol–water partition coefficient (Wildman–Crippen LogP) is 4.28. The quantitative estimate of drug-likeness (QED) is 0.640. The smallest absolute Gasteiger partial charge is 0.160 e. The first kappa shape index (κ1) is 13.4. The van der Waals surface area contributed by atoms with Crippen LogP contribution in [0, 0.1) is 5.92 Å². The van der Waals surface area contributed by atoms with Crippen LogP contribution in [-0.2, 0) is 0 Å². The molecular formula is C8H14ClF3S. The molecule has 0 bridgehead atoms. The minimum absolute atomic E-state index is 0.0459. The lowest BCUT2D eigenvalue weighted by atomic mass is 10.0. The van der Waals surface area contributed by atoms with Crippen LogP contribution in [0.3, 0.4) is 0 Å². The lowest BCUT2D eigenvalue weighted by Gasteiger charge is -2.12. The van der Waals surface area contributed by atoms with Crippen molar-refractivity contribution in [3.8, 4) is 0 Å². The van der Waals surface area contributed by atoms with Gasteiger partial charge in [-0.25, -0.2) is 0 Å². The Bertz CT molecular complexity index is 136. The van der Waals surface area contributed by atoms with Crippen LogP contribution in [0.4, 0.5) is 13.2 Å². The molecule has 0 saturated heterocycles. The first-order valence-corrected chi connectivity index (χ1v) is 5.58. The van der Waals surface area contributed by atoms with Crippen molar-refractivity contribution in [2.45, 2.75) is 37.6 Å². The molecule has 0 aliphatic carbocycles. The predicted molar refractivity (Wildman–Crippen MR) is 52.2 cm³/mol. The standard InChI is InChI=1S/C8H14ClF3S/c1-6(5-7(2)9)3-4-13-8(10,11)12/h6-7H,3-5H2,1-2H3. The maximum atomic E-state index is 11.7. The monoisotopic (exact) mass is 234 g/mol. The molecule has 80 valence electrons. The van der Waals surface area contributed by atoms with E-state index in [1.165, 1.54) is 0 Å². The molecule has 0 N–H and O–H groups in total. The minimum atomic E-state index is -4.09. The molecular weight excluding hydrogens is 221 g/mol. The highest BCUT2D eigenvalue weighted by Gasteiger charge is 2.27. The summed E-state index contributed by atoms with van der Waals surface area (Å²) in [6.07, 6.45) is 1.35. The van der Waals surface area contributed by atoms with Crippen LogP contribution in [0.15, 0.2) is 0 Å². The van der Waals surface area contributed by atoms with Gasteiger partial charge in [-0.1, -0.05) is 18.7 Å². The molecule has 0 nitrogen and oxygen atoms in total. The zero-order valence-electron chi connectivity index (χ0n) is 7.70. The van der Waals surface area contributed by atoms with Gasteiger partial charge in [0.2, 0.25) is 0 Å². The maximum Gasteiger partial charge on any atom is 0.441 e. The molecule has 2 atom stereocenters.